The van der Waals surface area contributed by atoms with Gasteiger partial charge in [0.2, 0.25) is 5.91 Å². The number of aryl methyl sites for hydroxylation is 1. The molecule has 4 aromatic heterocycles. The molecule has 10 nitrogen and oxygen atoms in total. The predicted octanol–water partition coefficient (Wildman–Crippen LogP) is 3.17. The number of amides is 1. The standard InChI is InChI=1S/C19H14F5N9OS/c1-17(16-31-27-7-35-16)9-11(25)28-13(29-12(9)30-15(17)34)10-8-3-2-5-26-14(8)33(32-10)6-4-18(20,21)19(22,23)24/h2-3,5,7H,4,6H2,1H3,(H3,25,28,29,30,34). The van der Waals surface area contributed by atoms with Gasteiger partial charge in [0.05, 0.1) is 10.9 Å². The molecule has 182 valence electrons. The normalized spacial score (nSPS) is 18.2. The maximum absolute atomic E-state index is 13.5. The molecule has 5 rings (SSSR count). The molecule has 0 aromatic carbocycles. The van der Waals surface area contributed by atoms with Crippen LogP contribution in [0, 0.1) is 0 Å². The Labute approximate surface area is 196 Å². The van der Waals surface area contributed by atoms with E-state index in [4.69, 9.17) is 5.73 Å². The van der Waals surface area contributed by atoms with Gasteiger partial charge in [0, 0.05) is 19.2 Å². The number of rotatable bonds is 5. The van der Waals surface area contributed by atoms with E-state index in [-0.39, 0.29) is 34.4 Å². The van der Waals surface area contributed by atoms with Crippen molar-refractivity contribution in [2.75, 3.05) is 11.1 Å². The maximum atomic E-state index is 13.5. The van der Waals surface area contributed by atoms with Crippen LogP contribution in [0.1, 0.15) is 23.9 Å². The summed E-state index contributed by atoms with van der Waals surface area (Å²) in [5.74, 6) is -5.38. The topological polar surface area (TPSA) is 137 Å². The smallest absolute Gasteiger partial charge is 0.383 e. The number of hydrogen-bond acceptors (Lipinski definition) is 9. The number of pyridine rings is 1. The molecule has 5 heterocycles. The lowest BCUT2D eigenvalue weighted by Crippen LogP contribution is -2.37. The fourth-order valence-electron chi connectivity index (χ4n) is 3.83. The molecule has 0 spiro atoms. The molecule has 0 bridgehead atoms. The number of nitrogen functional groups attached to an aromatic ring is 1. The average Bonchev–Trinajstić information content (AvgIpc) is 3.50. The van der Waals surface area contributed by atoms with E-state index >= 15 is 0 Å². The molecule has 1 atom stereocenters. The van der Waals surface area contributed by atoms with Crippen molar-refractivity contribution in [3.63, 3.8) is 0 Å². The Hall–Kier alpha value is -3.82. The number of carbonyl (C=O) groups excluding carboxylic acids is 1. The van der Waals surface area contributed by atoms with Crippen molar-refractivity contribution >= 4 is 39.9 Å². The van der Waals surface area contributed by atoms with Crippen LogP contribution < -0.4 is 11.1 Å². The molecule has 3 N–H and O–H groups in total. The molecule has 0 saturated heterocycles. The van der Waals surface area contributed by atoms with E-state index in [1.54, 1.807) is 13.0 Å². The predicted molar refractivity (Wildman–Crippen MR) is 114 cm³/mol. The third-order valence-electron chi connectivity index (χ3n) is 5.68. The van der Waals surface area contributed by atoms with Crippen molar-refractivity contribution in [2.45, 2.75) is 37.4 Å². The molecule has 1 amide bonds. The van der Waals surface area contributed by atoms with Gasteiger partial charge >= 0.3 is 12.1 Å². The van der Waals surface area contributed by atoms with Crippen molar-refractivity contribution in [3.05, 3.63) is 34.4 Å². The first kappa shape index (κ1) is 22.9. The van der Waals surface area contributed by atoms with Crippen molar-refractivity contribution in [3.8, 4) is 11.5 Å². The van der Waals surface area contributed by atoms with E-state index in [1.165, 1.54) is 17.8 Å². The van der Waals surface area contributed by atoms with Gasteiger partial charge in [-0.1, -0.05) is 0 Å². The van der Waals surface area contributed by atoms with Gasteiger partial charge in [-0.05, 0) is 19.1 Å². The number of aromatic nitrogens is 7. The second-order valence-corrected chi connectivity index (χ2v) is 8.71. The number of anilines is 2. The summed E-state index contributed by atoms with van der Waals surface area (Å²) in [6.07, 6.45) is -5.88. The number of fused-ring (bicyclic) bond motifs is 2. The number of nitrogens with two attached hydrogens (primary N) is 1. The van der Waals surface area contributed by atoms with Crippen LogP contribution >= 0.6 is 11.3 Å². The fourth-order valence-corrected chi connectivity index (χ4v) is 4.55. The summed E-state index contributed by atoms with van der Waals surface area (Å²) in [5, 5.41) is 15.2. The van der Waals surface area contributed by atoms with Crippen LogP contribution in [-0.2, 0) is 16.8 Å². The summed E-state index contributed by atoms with van der Waals surface area (Å²) in [6, 6.07) is 3.08. The lowest BCUT2D eigenvalue weighted by atomic mass is 9.85. The Morgan fingerprint density at radius 2 is 2.00 bits per heavy atom. The zero-order valence-corrected chi connectivity index (χ0v) is 18.5. The molecule has 0 radical (unpaired) electrons. The molecule has 1 aliphatic heterocycles. The monoisotopic (exact) mass is 511 g/mol. The van der Waals surface area contributed by atoms with Crippen molar-refractivity contribution in [2.24, 2.45) is 0 Å². The van der Waals surface area contributed by atoms with Crippen molar-refractivity contribution < 1.29 is 26.7 Å². The van der Waals surface area contributed by atoms with E-state index in [2.05, 4.69) is 35.6 Å². The highest BCUT2D eigenvalue weighted by molar-refractivity contribution is 7.09. The molecule has 4 aromatic rings. The highest BCUT2D eigenvalue weighted by Crippen LogP contribution is 2.45. The van der Waals surface area contributed by atoms with Gasteiger partial charge in [-0.15, -0.1) is 21.5 Å². The lowest BCUT2D eigenvalue weighted by Gasteiger charge is -2.19. The summed E-state index contributed by atoms with van der Waals surface area (Å²) < 4.78 is 65.8. The van der Waals surface area contributed by atoms with E-state index in [0.717, 1.165) is 16.0 Å². The van der Waals surface area contributed by atoms with Crippen LogP contribution in [0.4, 0.5) is 33.6 Å². The fraction of sp³-hybridized carbons (Fsp3) is 0.316. The van der Waals surface area contributed by atoms with Crippen molar-refractivity contribution in [1.82, 2.24) is 34.9 Å². The van der Waals surface area contributed by atoms with E-state index in [9.17, 15) is 26.7 Å². The van der Waals surface area contributed by atoms with E-state index in [1.807, 2.05) is 0 Å². The Kier molecular flexibility index (Phi) is 4.98. The first-order chi connectivity index (χ1) is 16.4. The summed E-state index contributed by atoms with van der Waals surface area (Å²) in [4.78, 5) is 25.5. The van der Waals surface area contributed by atoms with Crippen molar-refractivity contribution in [1.29, 1.82) is 0 Å². The molecular weight excluding hydrogens is 497 g/mol. The SMILES string of the molecule is CC1(c2nncs2)C(=O)Nc2nc(-c3nn(CCC(F)(F)C(F)(F)F)c4ncccc34)nc(N)c21. The van der Waals surface area contributed by atoms with Crippen LogP contribution in [0.2, 0.25) is 0 Å². The third kappa shape index (κ3) is 3.46. The highest BCUT2D eigenvalue weighted by atomic mass is 32.1. The number of nitrogens with one attached hydrogen (secondary N) is 1. The molecular formula is C19H14F5N9OS. The minimum atomic E-state index is -5.69. The second kappa shape index (κ2) is 7.59. The van der Waals surface area contributed by atoms with E-state index in [0.29, 0.717) is 10.4 Å². The molecule has 1 unspecified atom stereocenters. The van der Waals surface area contributed by atoms with Crippen LogP contribution in [0.25, 0.3) is 22.6 Å². The molecule has 0 fully saturated rings. The summed E-state index contributed by atoms with van der Waals surface area (Å²) >= 11 is 1.15. The van der Waals surface area contributed by atoms with Gasteiger partial charge in [-0.3, -0.25) is 4.79 Å². The van der Waals surface area contributed by atoms with Gasteiger partial charge in [-0.2, -0.15) is 27.1 Å². The van der Waals surface area contributed by atoms with Gasteiger partial charge in [0.1, 0.15) is 33.3 Å². The largest absolute Gasteiger partial charge is 0.453 e. The number of alkyl halides is 5. The third-order valence-corrected chi connectivity index (χ3v) is 6.59. The Balaban J connectivity index is 1.58. The zero-order valence-electron chi connectivity index (χ0n) is 17.6. The van der Waals surface area contributed by atoms with Crippen LogP contribution in [-0.4, -0.2) is 52.9 Å². The quantitative estimate of drug-likeness (QED) is 0.390. The molecule has 35 heavy (non-hydrogen) atoms. The maximum Gasteiger partial charge on any atom is 0.453 e. The number of carbonyl (C=O) groups is 1. The summed E-state index contributed by atoms with van der Waals surface area (Å²) in [6.45, 7) is 0.829. The Morgan fingerprint density at radius 3 is 2.69 bits per heavy atom. The molecule has 16 heteroatoms. The van der Waals surface area contributed by atoms with E-state index < -0.39 is 36.4 Å². The Bertz CT molecular complexity index is 1450. The number of halogens is 5. The zero-order chi connectivity index (χ0) is 25.2. The minimum absolute atomic E-state index is 0.0525. The highest BCUT2D eigenvalue weighted by Gasteiger charge is 2.57. The molecule has 1 aliphatic rings. The number of hydrogen-bond donors (Lipinski definition) is 2. The first-order valence-corrected chi connectivity index (χ1v) is 10.8. The molecule has 0 aliphatic carbocycles. The van der Waals surface area contributed by atoms with Crippen LogP contribution in [0.5, 0.6) is 0 Å². The van der Waals surface area contributed by atoms with Crippen LogP contribution in [0.15, 0.2) is 23.8 Å². The van der Waals surface area contributed by atoms with Crippen LogP contribution in [0.3, 0.4) is 0 Å². The number of nitrogens with zero attached hydrogens (tertiary/aromatic N) is 7. The first-order valence-electron chi connectivity index (χ1n) is 9.96. The van der Waals surface area contributed by atoms with Gasteiger partial charge in [0.25, 0.3) is 0 Å². The van der Waals surface area contributed by atoms with Gasteiger partial charge in [-0.25, -0.2) is 19.6 Å². The van der Waals surface area contributed by atoms with Gasteiger partial charge in [0.15, 0.2) is 11.5 Å². The Morgan fingerprint density at radius 1 is 1.23 bits per heavy atom. The summed E-state index contributed by atoms with van der Waals surface area (Å²) in [7, 11) is 0. The second-order valence-electron chi connectivity index (χ2n) is 7.88. The van der Waals surface area contributed by atoms with Gasteiger partial charge < -0.3 is 11.1 Å². The lowest BCUT2D eigenvalue weighted by molar-refractivity contribution is -0.285. The summed E-state index contributed by atoms with van der Waals surface area (Å²) in [5.41, 5.74) is 6.78. The minimum Gasteiger partial charge on any atom is -0.383 e. The molecule has 0 saturated carbocycles. The average molecular weight is 511 g/mol.